The summed E-state index contributed by atoms with van der Waals surface area (Å²) in [4.78, 5) is 50.2. The molecule has 4 rings (SSSR count). The normalized spacial score (nSPS) is 23.1. The first-order valence-corrected chi connectivity index (χ1v) is 12.0. The number of nitrogens with zero attached hydrogens (tertiary/aromatic N) is 5. The molecule has 3 amide bonds. The number of likely N-dealkylation sites (N-methyl/N-ethyl adjacent to an activating group) is 1. The van der Waals surface area contributed by atoms with E-state index in [-0.39, 0.29) is 23.6 Å². The minimum absolute atomic E-state index is 0.0563. The molecule has 4 heterocycles. The maximum Gasteiger partial charge on any atom is 0.255 e. The second-order valence-corrected chi connectivity index (χ2v) is 9.41. The predicted octanol–water partition coefficient (Wildman–Crippen LogP) is 1.43. The molecule has 3 saturated heterocycles. The molecule has 0 aromatic carbocycles. The van der Waals surface area contributed by atoms with Crippen molar-refractivity contribution in [2.45, 2.75) is 38.5 Å². The molecule has 3 aliphatic heterocycles. The number of carbonyl (C=O) groups excluding carboxylic acids is 3. The average Bonchev–Trinajstić information content (AvgIpc) is 3.19. The summed E-state index contributed by atoms with van der Waals surface area (Å²) in [5, 5.41) is 0. The van der Waals surface area contributed by atoms with Crippen molar-refractivity contribution < 1.29 is 14.4 Å². The lowest BCUT2D eigenvalue weighted by Crippen LogP contribution is -2.47. The monoisotopic (exact) mass is 441 g/mol. The van der Waals surface area contributed by atoms with E-state index in [0.29, 0.717) is 37.5 Å². The molecule has 3 aliphatic rings. The zero-order valence-corrected chi connectivity index (χ0v) is 19.3. The molecule has 174 valence electrons. The number of carbonyl (C=O) groups is 3. The van der Waals surface area contributed by atoms with E-state index in [2.05, 4.69) is 23.9 Å². The Hall–Kier alpha value is -2.48. The van der Waals surface area contributed by atoms with Crippen LogP contribution in [-0.4, -0.2) is 102 Å². The highest BCUT2D eigenvalue weighted by atomic mass is 16.2. The van der Waals surface area contributed by atoms with Gasteiger partial charge in [0.25, 0.3) is 5.91 Å². The number of likely N-dealkylation sites (tertiary alicyclic amines) is 2. The van der Waals surface area contributed by atoms with Gasteiger partial charge in [0, 0.05) is 76.6 Å². The van der Waals surface area contributed by atoms with Crippen molar-refractivity contribution in [2.24, 2.45) is 5.92 Å². The fourth-order valence-corrected chi connectivity index (χ4v) is 5.04. The topological polar surface area (TPSA) is 77.1 Å². The first-order valence-electron chi connectivity index (χ1n) is 12.0. The number of pyridine rings is 1. The van der Waals surface area contributed by atoms with Gasteiger partial charge in [-0.3, -0.25) is 19.4 Å². The Labute approximate surface area is 190 Å². The van der Waals surface area contributed by atoms with E-state index in [1.807, 2.05) is 26.8 Å². The first kappa shape index (κ1) is 22.7. The van der Waals surface area contributed by atoms with E-state index in [1.165, 1.54) is 0 Å². The minimum atomic E-state index is -0.191. The summed E-state index contributed by atoms with van der Waals surface area (Å²) in [5.41, 5.74) is 1.64. The van der Waals surface area contributed by atoms with E-state index < -0.39 is 0 Å². The maximum atomic E-state index is 12.9. The molecule has 3 fully saturated rings. The van der Waals surface area contributed by atoms with Crippen LogP contribution in [0.5, 0.6) is 0 Å². The Morgan fingerprint density at radius 1 is 1.03 bits per heavy atom. The standard InChI is InChI=1S/C24H35N5O3/c1-3-8-29-17-20(15-22(29)30)24(32)27-9-6-18(7-10-27)21-5-4-19(16-25-21)23(31)28-13-11-26(2)12-14-28/h4-5,16,18,20H,3,6-15,17H2,1-2H3/t20-/m1/s1. The van der Waals surface area contributed by atoms with Crippen molar-refractivity contribution >= 4 is 17.7 Å². The van der Waals surface area contributed by atoms with Gasteiger partial charge in [0.15, 0.2) is 0 Å². The predicted molar refractivity (Wildman–Crippen MR) is 121 cm³/mol. The highest BCUT2D eigenvalue weighted by Crippen LogP contribution is 2.29. The molecule has 0 unspecified atom stereocenters. The molecule has 1 atom stereocenters. The van der Waals surface area contributed by atoms with E-state index in [9.17, 15) is 14.4 Å². The Morgan fingerprint density at radius 2 is 1.75 bits per heavy atom. The molecule has 8 heteroatoms. The molecule has 0 N–H and O–H groups in total. The Bertz CT molecular complexity index is 827. The molecular formula is C24H35N5O3. The average molecular weight is 442 g/mol. The third kappa shape index (κ3) is 4.95. The lowest BCUT2D eigenvalue weighted by molar-refractivity contribution is -0.136. The second kappa shape index (κ2) is 9.98. The van der Waals surface area contributed by atoms with Crippen molar-refractivity contribution in [1.29, 1.82) is 0 Å². The zero-order chi connectivity index (χ0) is 22.7. The van der Waals surface area contributed by atoms with Crippen LogP contribution in [-0.2, 0) is 9.59 Å². The number of aromatic nitrogens is 1. The molecule has 1 aromatic rings. The lowest BCUT2D eigenvalue weighted by atomic mass is 9.92. The van der Waals surface area contributed by atoms with Crippen molar-refractivity contribution in [3.8, 4) is 0 Å². The fraction of sp³-hybridized carbons (Fsp3) is 0.667. The Kier molecular flexibility index (Phi) is 7.08. The SMILES string of the molecule is CCCN1C[C@H](C(=O)N2CCC(c3ccc(C(=O)N4CCN(C)CC4)cn3)CC2)CC1=O. The molecule has 0 aliphatic carbocycles. The van der Waals surface area contributed by atoms with Gasteiger partial charge in [-0.05, 0) is 38.4 Å². The Morgan fingerprint density at radius 3 is 2.38 bits per heavy atom. The van der Waals surface area contributed by atoms with Gasteiger partial charge in [-0.2, -0.15) is 0 Å². The van der Waals surface area contributed by atoms with Crippen LogP contribution in [0, 0.1) is 5.92 Å². The summed E-state index contributed by atoms with van der Waals surface area (Å²) >= 11 is 0. The van der Waals surface area contributed by atoms with E-state index in [4.69, 9.17) is 0 Å². The van der Waals surface area contributed by atoms with Crippen molar-refractivity contribution in [3.63, 3.8) is 0 Å². The van der Waals surface area contributed by atoms with Gasteiger partial charge in [0.1, 0.15) is 0 Å². The van der Waals surface area contributed by atoms with Crippen LogP contribution in [0.25, 0.3) is 0 Å². The van der Waals surface area contributed by atoms with Crippen LogP contribution in [0.15, 0.2) is 18.3 Å². The van der Waals surface area contributed by atoms with Gasteiger partial charge in [-0.15, -0.1) is 0 Å². The van der Waals surface area contributed by atoms with Crippen LogP contribution in [0.3, 0.4) is 0 Å². The van der Waals surface area contributed by atoms with Gasteiger partial charge in [0.05, 0.1) is 11.5 Å². The molecule has 1 aromatic heterocycles. The van der Waals surface area contributed by atoms with Crippen LogP contribution in [0.2, 0.25) is 0 Å². The number of rotatable bonds is 5. The number of piperazine rings is 1. The van der Waals surface area contributed by atoms with Gasteiger partial charge in [-0.1, -0.05) is 6.92 Å². The Balaban J connectivity index is 1.28. The smallest absolute Gasteiger partial charge is 0.255 e. The van der Waals surface area contributed by atoms with Crippen molar-refractivity contribution in [1.82, 2.24) is 24.6 Å². The number of hydrogen-bond acceptors (Lipinski definition) is 5. The molecule has 0 radical (unpaired) electrons. The third-order valence-corrected chi connectivity index (χ3v) is 7.11. The first-order chi connectivity index (χ1) is 15.5. The van der Waals surface area contributed by atoms with E-state index in [0.717, 1.165) is 57.7 Å². The molecule has 32 heavy (non-hydrogen) atoms. The number of piperidine rings is 1. The van der Waals surface area contributed by atoms with Crippen LogP contribution >= 0.6 is 0 Å². The zero-order valence-electron chi connectivity index (χ0n) is 19.3. The summed E-state index contributed by atoms with van der Waals surface area (Å²) in [7, 11) is 2.07. The second-order valence-electron chi connectivity index (χ2n) is 9.41. The summed E-state index contributed by atoms with van der Waals surface area (Å²) in [5.74, 6) is 0.394. The van der Waals surface area contributed by atoms with Crippen LogP contribution in [0.4, 0.5) is 0 Å². The molecule has 0 spiro atoms. The summed E-state index contributed by atoms with van der Waals surface area (Å²) in [6.07, 6.45) is 4.71. The van der Waals surface area contributed by atoms with E-state index in [1.54, 1.807) is 6.20 Å². The fourth-order valence-electron chi connectivity index (χ4n) is 5.04. The molecule has 0 saturated carbocycles. The van der Waals surface area contributed by atoms with Crippen LogP contribution < -0.4 is 0 Å². The highest BCUT2D eigenvalue weighted by molar-refractivity contribution is 5.94. The third-order valence-electron chi connectivity index (χ3n) is 7.11. The van der Waals surface area contributed by atoms with Gasteiger partial charge < -0.3 is 19.6 Å². The highest BCUT2D eigenvalue weighted by Gasteiger charge is 2.37. The minimum Gasteiger partial charge on any atom is -0.342 e. The summed E-state index contributed by atoms with van der Waals surface area (Å²) in [6, 6.07) is 3.87. The number of hydrogen-bond donors (Lipinski definition) is 0. The van der Waals surface area contributed by atoms with Crippen LogP contribution in [0.1, 0.15) is 54.6 Å². The summed E-state index contributed by atoms with van der Waals surface area (Å²) < 4.78 is 0. The van der Waals surface area contributed by atoms with Gasteiger partial charge in [0.2, 0.25) is 11.8 Å². The quantitative estimate of drug-likeness (QED) is 0.691. The lowest BCUT2D eigenvalue weighted by Gasteiger charge is -2.33. The number of amides is 3. The molecule has 8 nitrogen and oxygen atoms in total. The van der Waals surface area contributed by atoms with Crippen molar-refractivity contribution in [2.75, 3.05) is 59.4 Å². The molecule has 0 bridgehead atoms. The van der Waals surface area contributed by atoms with E-state index >= 15 is 0 Å². The van der Waals surface area contributed by atoms with Gasteiger partial charge in [-0.25, -0.2) is 0 Å². The largest absolute Gasteiger partial charge is 0.342 e. The van der Waals surface area contributed by atoms with Crippen molar-refractivity contribution in [3.05, 3.63) is 29.6 Å². The summed E-state index contributed by atoms with van der Waals surface area (Å²) in [6.45, 7) is 8.08. The maximum absolute atomic E-state index is 12.9. The molecular weight excluding hydrogens is 406 g/mol. The van der Waals surface area contributed by atoms with Gasteiger partial charge >= 0.3 is 0 Å².